The maximum Gasteiger partial charge on any atom is 0.194 e. The van der Waals surface area contributed by atoms with Crippen molar-refractivity contribution in [3.63, 3.8) is 0 Å². The molecule has 3 heterocycles. The summed E-state index contributed by atoms with van der Waals surface area (Å²) in [6.45, 7) is 7.97. The first-order chi connectivity index (χ1) is 30.2. The van der Waals surface area contributed by atoms with Crippen LogP contribution in [0.25, 0.3) is 110 Å². The standard InChI is InChI=1S/C56H33N5/c1-58-49-27-23-36(35-57)31-45(49)38-24-28-54(46(32-38)37-13-3-2-4-14-37)61-55-29-25-39(59-50-19-9-5-15-41(50)42-16-6-10-20-51(42)59)33-47(55)48-34-40(26-30-56(48)61)60-52-21-11-7-17-43(52)44-18-8-12-22-53(44)60/h2-34H. The van der Waals surface area contributed by atoms with Crippen molar-refractivity contribution < 1.29 is 0 Å². The average Bonchev–Trinajstić information content (AvgIpc) is 3.96. The van der Waals surface area contributed by atoms with E-state index in [1.807, 2.05) is 12.1 Å². The monoisotopic (exact) mass is 775 g/mol. The molecule has 5 nitrogen and oxygen atoms in total. The van der Waals surface area contributed by atoms with Gasteiger partial charge >= 0.3 is 0 Å². The van der Waals surface area contributed by atoms with Crippen LogP contribution < -0.4 is 0 Å². The SMILES string of the molecule is [C-]#[N+]c1ccc(C#N)cc1-c1ccc(-n2c3ccc(-n4c5ccccc5c5ccccc54)cc3c3cc(-n4c5ccccc5c5ccccc54)ccc32)c(-c2ccccc2)c1. The van der Waals surface area contributed by atoms with Gasteiger partial charge in [-0.1, -0.05) is 121 Å². The summed E-state index contributed by atoms with van der Waals surface area (Å²) in [6.07, 6.45) is 0. The molecule has 9 aromatic carbocycles. The predicted molar refractivity (Wildman–Crippen MR) is 251 cm³/mol. The molecule has 0 aliphatic rings. The number of fused-ring (bicyclic) bond motifs is 9. The smallest absolute Gasteiger partial charge is 0.194 e. The zero-order valence-corrected chi connectivity index (χ0v) is 32.8. The Kier molecular flexibility index (Phi) is 7.59. The third kappa shape index (κ3) is 5.18. The number of rotatable bonds is 5. The molecular formula is C56H33N5. The fourth-order valence-corrected chi connectivity index (χ4v) is 9.62. The fraction of sp³-hybridized carbons (Fsp3) is 0. The van der Waals surface area contributed by atoms with Gasteiger partial charge in [0.25, 0.3) is 0 Å². The minimum absolute atomic E-state index is 0.512. The van der Waals surface area contributed by atoms with Crippen molar-refractivity contribution in [2.45, 2.75) is 0 Å². The van der Waals surface area contributed by atoms with E-state index in [9.17, 15) is 5.26 Å². The highest BCUT2D eigenvalue weighted by atomic mass is 15.0. The summed E-state index contributed by atoms with van der Waals surface area (Å²) in [5.74, 6) is 0. The molecule has 12 aromatic rings. The fourth-order valence-electron chi connectivity index (χ4n) is 9.62. The van der Waals surface area contributed by atoms with Gasteiger partial charge in [0, 0.05) is 49.3 Å². The Bertz CT molecular complexity index is 3570. The van der Waals surface area contributed by atoms with Crippen LogP contribution in [0, 0.1) is 17.9 Å². The van der Waals surface area contributed by atoms with E-state index in [2.05, 4.69) is 201 Å². The number of benzene rings is 9. The molecule has 3 aromatic heterocycles. The van der Waals surface area contributed by atoms with Crippen LogP contribution in [-0.2, 0) is 0 Å². The van der Waals surface area contributed by atoms with E-state index in [-0.39, 0.29) is 0 Å². The van der Waals surface area contributed by atoms with E-state index in [1.54, 1.807) is 12.1 Å². The van der Waals surface area contributed by atoms with E-state index >= 15 is 0 Å². The largest absolute Gasteiger partial charge is 0.309 e. The Morgan fingerprint density at radius 3 is 1.34 bits per heavy atom. The molecule has 0 aliphatic carbocycles. The summed E-state index contributed by atoms with van der Waals surface area (Å²) in [7, 11) is 0. The molecule has 0 fully saturated rings. The highest BCUT2D eigenvalue weighted by Gasteiger charge is 2.21. The molecule has 0 aliphatic heterocycles. The quantitative estimate of drug-likeness (QED) is 0.161. The number of para-hydroxylation sites is 4. The molecule has 5 heteroatoms. The van der Waals surface area contributed by atoms with Crippen molar-refractivity contribution in [2.75, 3.05) is 0 Å². The average molecular weight is 776 g/mol. The molecule has 61 heavy (non-hydrogen) atoms. The van der Waals surface area contributed by atoms with Gasteiger partial charge < -0.3 is 13.7 Å². The summed E-state index contributed by atoms with van der Waals surface area (Å²) in [6, 6.07) is 72.8. The molecule has 0 unspecified atom stereocenters. The molecule has 0 saturated heterocycles. The zero-order chi connectivity index (χ0) is 40.6. The number of hydrogen-bond donors (Lipinski definition) is 0. The molecule has 0 saturated carbocycles. The molecule has 12 rings (SSSR count). The van der Waals surface area contributed by atoms with Crippen LogP contribution in [-0.4, -0.2) is 13.7 Å². The Hall–Kier alpha value is -8.64. The maximum absolute atomic E-state index is 9.81. The molecule has 0 atom stereocenters. The van der Waals surface area contributed by atoms with E-state index < -0.39 is 0 Å². The molecular weight excluding hydrogens is 743 g/mol. The maximum atomic E-state index is 9.81. The topological polar surface area (TPSA) is 42.9 Å². The highest BCUT2D eigenvalue weighted by molar-refractivity contribution is 6.14. The summed E-state index contributed by atoms with van der Waals surface area (Å²) in [4.78, 5) is 3.84. The van der Waals surface area contributed by atoms with Gasteiger partial charge in [-0.15, -0.1) is 0 Å². The Labute approximate surface area is 351 Å². The third-order valence-corrected chi connectivity index (χ3v) is 12.3. The third-order valence-electron chi connectivity index (χ3n) is 12.3. The highest BCUT2D eigenvalue weighted by Crippen LogP contribution is 2.43. The van der Waals surface area contributed by atoms with Crippen molar-refractivity contribution in [3.05, 3.63) is 217 Å². The van der Waals surface area contributed by atoms with Crippen molar-refractivity contribution in [1.82, 2.24) is 13.7 Å². The van der Waals surface area contributed by atoms with E-state index in [0.717, 1.165) is 61.1 Å². The van der Waals surface area contributed by atoms with Crippen molar-refractivity contribution in [1.29, 1.82) is 5.26 Å². The Balaban J connectivity index is 1.17. The molecule has 0 amide bonds. The molecule has 0 N–H and O–H groups in total. The van der Waals surface area contributed by atoms with Gasteiger partial charge in [-0.3, -0.25) is 0 Å². The first-order valence-electron chi connectivity index (χ1n) is 20.4. The van der Waals surface area contributed by atoms with Gasteiger partial charge in [0.2, 0.25) is 0 Å². The lowest BCUT2D eigenvalue weighted by atomic mass is 9.95. The van der Waals surface area contributed by atoms with E-state index in [0.29, 0.717) is 11.3 Å². The van der Waals surface area contributed by atoms with Gasteiger partial charge in [0.05, 0.1) is 57.0 Å². The minimum Gasteiger partial charge on any atom is -0.309 e. The Morgan fingerprint density at radius 2 is 0.852 bits per heavy atom. The second-order valence-electron chi connectivity index (χ2n) is 15.5. The molecule has 0 radical (unpaired) electrons. The van der Waals surface area contributed by atoms with Crippen LogP contribution in [0.1, 0.15) is 5.56 Å². The summed E-state index contributed by atoms with van der Waals surface area (Å²) in [5.41, 5.74) is 14.8. The van der Waals surface area contributed by atoms with Gasteiger partial charge in [0.15, 0.2) is 5.69 Å². The summed E-state index contributed by atoms with van der Waals surface area (Å²) >= 11 is 0. The normalized spacial score (nSPS) is 11.6. The molecule has 0 spiro atoms. The summed E-state index contributed by atoms with van der Waals surface area (Å²) in [5, 5.41) is 17.0. The second kappa shape index (κ2) is 13.5. The first kappa shape index (κ1) is 34.4. The van der Waals surface area contributed by atoms with Crippen LogP contribution in [0.3, 0.4) is 0 Å². The minimum atomic E-state index is 0.512. The van der Waals surface area contributed by atoms with Crippen molar-refractivity contribution in [3.8, 4) is 45.4 Å². The first-order valence-corrected chi connectivity index (χ1v) is 20.4. The number of aromatic nitrogens is 3. The van der Waals surface area contributed by atoms with Crippen LogP contribution in [0.2, 0.25) is 0 Å². The second-order valence-corrected chi connectivity index (χ2v) is 15.5. The van der Waals surface area contributed by atoms with Crippen molar-refractivity contribution >= 4 is 71.1 Å². The van der Waals surface area contributed by atoms with Crippen LogP contribution in [0.15, 0.2) is 200 Å². The van der Waals surface area contributed by atoms with Gasteiger partial charge in [-0.05, 0) is 95.6 Å². The summed E-state index contributed by atoms with van der Waals surface area (Å²) < 4.78 is 7.17. The lowest BCUT2D eigenvalue weighted by molar-refractivity contribution is 1.16. The number of nitrogens with zero attached hydrogens (tertiary/aromatic N) is 5. The molecule has 282 valence electrons. The predicted octanol–water partition coefficient (Wildman–Crippen LogP) is 14.7. The molecule has 0 bridgehead atoms. The van der Waals surface area contributed by atoms with Crippen molar-refractivity contribution in [2.24, 2.45) is 0 Å². The number of hydrogen-bond acceptors (Lipinski definition) is 1. The van der Waals surface area contributed by atoms with E-state index in [1.165, 1.54) is 43.6 Å². The van der Waals surface area contributed by atoms with Gasteiger partial charge in [-0.25, -0.2) is 4.85 Å². The van der Waals surface area contributed by atoms with E-state index in [4.69, 9.17) is 6.57 Å². The van der Waals surface area contributed by atoms with Crippen LogP contribution in [0.4, 0.5) is 5.69 Å². The zero-order valence-electron chi connectivity index (χ0n) is 32.8. The van der Waals surface area contributed by atoms with Crippen LogP contribution in [0.5, 0.6) is 0 Å². The number of nitriles is 1. The van der Waals surface area contributed by atoms with Gasteiger partial charge in [-0.2, -0.15) is 5.26 Å². The lowest BCUT2D eigenvalue weighted by Gasteiger charge is -2.17. The lowest BCUT2D eigenvalue weighted by Crippen LogP contribution is -1.99. The van der Waals surface area contributed by atoms with Crippen LogP contribution >= 0.6 is 0 Å². The van der Waals surface area contributed by atoms with Gasteiger partial charge in [0.1, 0.15) is 0 Å². The Morgan fingerprint density at radius 1 is 0.377 bits per heavy atom.